The highest BCUT2D eigenvalue weighted by atomic mass is 35.5. The lowest BCUT2D eigenvalue weighted by molar-refractivity contribution is -0.118. The zero-order chi connectivity index (χ0) is 23.1. The fourth-order valence-electron chi connectivity index (χ4n) is 3.07. The molecule has 1 unspecified atom stereocenters. The minimum Gasteiger partial charge on any atom is -0.379 e. The molecule has 1 saturated heterocycles. The third-order valence-electron chi connectivity index (χ3n) is 4.84. The standard InChI is InChI=1S/C22H24Cl2N4O4/c1-14(25-22(31)17-3-2-4-18(23)20(17)24)21(30)27-16-7-5-15(6-8-16)26-19(29)13-28-9-11-32-12-10-28/h2-8,14H,9-13H2,1H3,(H,25,31)(H,26,29)(H,27,30). The average molecular weight is 479 g/mol. The van der Waals surface area contributed by atoms with Crippen molar-refractivity contribution in [1.82, 2.24) is 10.2 Å². The Hall–Kier alpha value is -2.65. The maximum Gasteiger partial charge on any atom is 0.253 e. The molecule has 32 heavy (non-hydrogen) atoms. The number of nitrogens with zero attached hydrogens (tertiary/aromatic N) is 1. The van der Waals surface area contributed by atoms with Crippen LogP contribution in [0.25, 0.3) is 0 Å². The van der Waals surface area contributed by atoms with Gasteiger partial charge in [-0.3, -0.25) is 19.3 Å². The molecule has 3 amide bonds. The third-order valence-corrected chi connectivity index (χ3v) is 5.66. The second kappa shape index (κ2) is 11.3. The van der Waals surface area contributed by atoms with Crippen molar-refractivity contribution < 1.29 is 19.1 Å². The highest BCUT2D eigenvalue weighted by Gasteiger charge is 2.19. The van der Waals surface area contributed by atoms with Gasteiger partial charge in [0, 0.05) is 24.5 Å². The van der Waals surface area contributed by atoms with Crippen molar-refractivity contribution in [2.75, 3.05) is 43.5 Å². The summed E-state index contributed by atoms with van der Waals surface area (Å²) in [4.78, 5) is 39.0. The molecule has 8 nitrogen and oxygen atoms in total. The van der Waals surface area contributed by atoms with Crippen LogP contribution >= 0.6 is 23.2 Å². The molecule has 0 saturated carbocycles. The number of halogens is 2. The molecular weight excluding hydrogens is 455 g/mol. The first-order valence-corrected chi connectivity index (χ1v) is 10.8. The Morgan fingerprint density at radius 3 is 2.28 bits per heavy atom. The van der Waals surface area contributed by atoms with Crippen LogP contribution in [0.4, 0.5) is 11.4 Å². The average Bonchev–Trinajstić information content (AvgIpc) is 2.77. The van der Waals surface area contributed by atoms with E-state index in [1.807, 2.05) is 4.90 Å². The van der Waals surface area contributed by atoms with Gasteiger partial charge < -0.3 is 20.7 Å². The van der Waals surface area contributed by atoms with Crippen LogP contribution in [0.1, 0.15) is 17.3 Å². The molecule has 0 aromatic heterocycles. The van der Waals surface area contributed by atoms with Crippen molar-refractivity contribution in [3.63, 3.8) is 0 Å². The van der Waals surface area contributed by atoms with Gasteiger partial charge in [-0.2, -0.15) is 0 Å². The number of nitrogens with one attached hydrogen (secondary N) is 3. The van der Waals surface area contributed by atoms with Crippen LogP contribution < -0.4 is 16.0 Å². The summed E-state index contributed by atoms with van der Waals surface area (Å²) in [6.45, 7) is 4.59. The van der Waals surface area contributed by atoms with Gasteiger partial charge in [-0.05, 0) is 43.3 Å². The predicted octanol–water partition coefficient (Wildman–Crippen LogP) is 3.02. The molecule has 0 radical (unpaired) electrons. The number of hydrogen-bond donors (Lipinski definition) is 3. The van der Waals surface area contributed by atoms with E-state index in [9.17, 15) is 14.4 Å². The molecule has 0 spiro atoms. The van der Waals surface area contributed by atoms with Gasteiger partial charge in [0.25, 0.3) is 5.91 Å². The Bertz CT molecular complexity index is 978. The maximum absolute atomic E-state index is 12.4. The molecule has 0 bridgehead atoms. The van der Waals surface area contributed by atoms with Gasteiger partial charge in [0.05, 0.1) is 35.4 Å². The Kier molecular flexibility index (Phi) is 8.46. The van der Waals surface area contributed by atoms with Crippen LogP contribution in [0.5, 0.6) is 0 Å². The zero-order valence-corrected chi connectivity index (χ0v) is 19.0. The monoisotopic (exact) mass is 478 g/mol. The topological polar surface area (TPSA) is 99.8 Å². The quantitative estimate of drug-likeness (QED) is 0.567. The first-order chi connectivity index (χ1) is 15.3. The van der Waals surface area contributed by atoms with Crippen molar-refractivity contribution in [3.05, 3.63) is 58.1 Å². The van der Waals surface area contributed by atoms with Gasteiger partial charge >= 0.3 is 0 Å². The summed E-state index contributed by atoms with van der Waals surface area (Å²) in [6, 6.07) is 10.6. The van der Waals surface area contributed by atoms with E-state index in [1.54, 1.807) is 43.3 Å². The molecule has 1 aliphatic heterocycles. The molecule has 1 aliphatic rings. The number of anilines is 2. The van der Waals surface area contributed by atoms with Crippen LogP contribution in [-0.4, -0.2) is 61.5 Å². The number of hydrogen-bond acceptors (Lipinski definition) is 5. The molecule has 3 rings (SSSR count). The fourth-order valence-corrected chi connectivity index (χ4v) is 3.46. The number of benzene rings is 2. The predicted molar refractivity (Wildman–Crippen MR) is 124 cm³/mol. The summed E-state index contributed by atoms with van der Waals surface area (Å²) in [5, 5.41) is 8.54. The second-order valence-electron chi connectivity index (χ2n) is 7.30. The summed E-state index contributed by atoms with van der Waals surface area (Å²) in [5.41, 5.74) is 1.34. The largest absolute Gasteiger partial charge is 0.379 e. The first kappa shape index (κ1) is 24.0. The summed E-state index contributed by atoms with van der Waals surface area (Å²) >= 11 is 12.0. The molecule has 3 N–H and O–H groups in total. The molecule has 170 valence electrons. The van der Waals surface area contributed by atoms with Crippen LogP contribution in [0.15, 0.2) is 42.5 Å². The van der Waals surface area contributed by atoms with Gasteiger partial charge in [0.15, 0.2) is 0 Å². The minimum absolute atomic E-state index is 0.111. The van der Waals surface area contributed by atoms with E-state index in [-0.39, 0.29) is 21.5 Å². The van der Waals surface area contributed by atoms with E-state index in [0.29, 0.717) is 31.1 Å². The SMILES string of the molecule is CC(NC(=O)c1cccc(Cl)c1Cl)C(=O)Nc1ccc(NC(=O)CN2CCOCC2)cc1. The van der Waals surface area contributed by atoms with Crippen LogP contribution in [0, 0.1) is 0 Å². The first-order valence-electron chi connectivity index (χ1n) is 10.1. The molecule has 1 heterocycles. The summed E-state index contributed by atoms with van der Waals surface area (Å²) in [7, 11) is 0. The summed E-state index contributed by atoms with van der Waals surface area (Å²) in [5.74, 6) is -1.02. The Balaban J connectivity index is 1.49. The smallest absolute Gasteiger partial charge is 0.253 e. The van der Waals surface area contributed by atoms with E-state index < -0.39 is 17.9 Å². The molecular formula is C22H24Cl2N4O4. The highest BCUT2D eigenvalue weighted by Crippen LogP contribution is 2.25. The lowest BCUT2D eigenvalue weighted by atomic mass is 10.2. The van der Waals surface area contributed by atoms with Gasteiger partial charge in [0.1, 0.15) is 6.04 Å². The van der Waals surface area contributed by atoms with Crippen molar-refractivity contribution in [2.24, 2.45) is 0 Å². The molecule has 1 atom stereocenters. The second-order valence-corrected chi connectivity index (χ2v) is 8.08. The number of carbonyl (C=O) groups excluding carboxylic acids is 3. The lowest BCUT2D eigenvalue weighted by Gasteiger charge is -2.25. The Morgan fingerprint density at radius 2 is 1.62 bits per heavy atom. The van der Waals surface area contributed by atoms with Crippen molar-refractivity contribution in [3.8, 4) is 0 Å². The molecule has 2 aromatic rings. The van der Waals surface area contributed by atoms with E-state index in [2.05, 4.69) is 16.0 Å². The lowest BCUT2D eigenvalue weighted by Crippen LogP contribution is -2.41. The van der Waals surface area contributed by atoms with E-state index >= 15 is 0 Å². The number of amides is 3. The van der Waals surface area contributed by atoms with E-state index in [4.69, 9.17) is 27.9 Å². The van der Waals surface area contributed by atoms with Gasteiger partial charge in [0.2, 0.25) is 11.8 Å². The van der Waals surface area contributed by atoms with Crippen LogP contribution in [-0.2, 0) is 14.3 Å². The van der Waals surface area contributed by atoms with Gasteiger partial charge in [-0.15, -0.1) is 0 Å². The summed E-state index contributed by atoms with van der Waals surface area (Å²) < 4.78 is 5.27. The van der Waals surface area contributed by atoms with Crippen LogP contribution in [0.3, 0.4) is 0 Å². The number of carbonyl (C=O) groups is 3. The Morgan fingerprint density at radius 1 is 1.00 bits per heavy atom. The van der Waals surface area contributed by atoms with Crippen molar-refractivity contribution >= 4 is 52.3 Å². The van der Waals surface area contributed by atoms with Gasteiger partial charge in [-0.1, -0.05) is 29.3 Å². The highest BCUT2D eigenvalue weighted by molar-refractivity contribution is 6.43. The molecule has 2 aromatic carbocycles. The van der Waals surface area contributed by atoms with E-state index in [1.165, 1.54) is 6.07 Å². The number of rotatable bonds is 7. The number of morpholine rings is 1. The molecule has 0 aliphatic carbocycles. The van der Waals surface area contributed by atoms with Crippen molar-refractivity contribution in [1.29, 1.82) is 0 Å². The third kappa shape index (κ3) is 6.67. The zero-order valence-electron chi connectivity index (χ0n) is 17.5. The molecule has 10 heteroatoms. The number of ether oxygens (including phenoxy) is 1. The summed E-state index contributed by atoms with van der Waals surface area (Å²) in [6.07, 6.45) is 0. The maximum atomic E-state index is 12.4. The fraction of sp³-hybridized carbons (Fsp3) is 0.318. The minimum atomic E-state index is -0.814. The Labute approximate surface area is 196 Å². The van der Waals surface area contributed by atoms with E-state index in [0.717, 1.165) is 13.1 Å². The molecule has 1 fully saturated rings. The van der Waals surface area contributed by atoms with Crippen molar-refractivity contribution in [2.45, 2.75) is 13.0 Å². The normalized spacial score (nSPS) is 15.0. The van der Waals surface area contributed by atoms with Gasteiger partial charge in [-0.25, -0.2) is 0 Å². The van der Waals surface area contributed by atoms with Crippen LogP contribution in [0.2, 0.25) is 10.0 Å².